The number of amides is 1. The molecule has 24 heavy (non-hydrogen) atoms. The molecule has 0 aliphatic carbocycles. The number of carbonyl (C=O) groups is 1. The van der Waals surface area contributed by atoms with Crippen molar-refractivity contribution in [3.63, 3.8) is 0 Å². The molecular weight excluding hydrogens is 434 g/mol. The largest absolute Gasteiger partial charge is 0.421 e. The first kappa shape index (κ1) is 20.7. The third-order valence-corrected chi connectivity index (χ3v) is 5.25. The third kappa shape index (κ3) is 4.00. The summed E-state index contributed by atoms with van der Waals surface area (Å²) in [5, 5.41) is 0. The number of halogens is 7. The number of hydrogen-bond donors (Lipinski definition) is 2. The maximum Gasteiger partial charge on any atom is 0.421 e. The standard InChI is InChI=1S/C11H9BrF6N2O3S/c1-6-2-4-7(5-3-6)24(22,23)20-19-8(21)9(12,10(13,14)15)11(16,17)18/h2-5,20H,1H3,(H,19,21). The fourth-order valence-corrected chi connectivity index (χ4v) is 2.33. The van der Waals surface area contributed by atoms with Gasteiger partial charge in [0.05, 0.1) is 4.90 Å². The first-order valence-corrected chi connectivity index (χ1v) is 8.12. The van der Waals surface area contributed by atoms with Gasteiger partial charge in [-0.25, -0.2) is 8.42 Å². The fraction of sp³-hybridized carbons (Fsp3) is 0.364. The van der Waals surface area contributed by atoms with Crippen LogP contribution in [0.3, 0.4) is 0 Å². The first-order valence-electron chi connectivity index (χ1n) is 5.84. The average molecular weight is 443 g/mol. The van der Waals surface area contributed by atoms with Crippen LogP contribution in [0.25, 0.3) is 0 Å². The number of hydrogen-bond acceptors (Lipinski definition) is 3. The summed E-state index contributed by atoms with van der Waals surface area (Å²) in [5.41, 5.74) is 1.58. The van der Waals surface area contributed by atoms with E-state index >= 15 is 0 Å². The second-order valence-electron chi connectivity index (χ2n) is 4.53. The van der Waals surface area contributed by atoms with Crippen LogP contribution in [0.5, 0.6) is 0 Å². The molecule has 1 amide bonds. The lowest BCUT2D eigenvalue weighted by molar-refractivity contribution is -0.255. The first-order chi connectivity index (χ1) is 10.6. The van der Waals surface area contributed by atoms with Crippen molar-refractivity contribution in [1.29, 1.82) is 0 Å². The summed E-state index contributed by atoms with van der Waals surface area (Å²) in [6, 6.07) is 4.80. The van der Waals surface area contributed by atoms with Crippen molar-refractivity contribution in [1.82, 2.24) is 10.3 Å². The number of nitrogens with one attached hydrogen (secondary N) is 2. The summed E-state index contributed by atoms with van der Waals surface area (Å²) >= 11 is 1.33. The molecule has 0 atom stereocenters. The molecule has 136 valence electrons. The molecule has 0 heterocycles. The molecule has 0 aromatic heterocycles. The predicted molar refractivity (Wildman–Crippen MR) is 73.4 cm³/mol. The van der Waals surface area contributed by atoms with E-state index in [0.29, 0.717) is 5.56 Å². The van der Waals surface area contributed by atoms with Gasteiger partial charge in [-0.3, -0.25) is 10.2 Å². The minimum atomic E-state index is -6.06. The molecule has 0 radical (unpaired) electrons. The van der Waals surface area contributed by atoms with Crippen LogP contribution in [0.1, 0.15) is 5.56 Å². The van der Waals surface area contributed by atoms with Crippen LogP contribution < -0.4 is 10.3 Å². The highest BCUT2D eigenvalue weighted by atomic mass is 79.9. The maximum atomic E-state index is 12.6. The van der Waals surface area contributed by atoms with Crippen molar-refractivity contribution in [2.24, 2.45) is 0 Å². The highest BCUT2D eigenvalue weighted by Crippen LogP contribution is 2.49. The van der Waals surface area contributed by atoms with Crippen molar-refractivity contribution in [2.75, 3.05) is 0 Å². The number of carbonyl (C=O) groups excluding carboxylic acids is 1. The predicted octanol–water partition coefficient (Wildman–Crippen LogP) is 2.56. The van der Waals surface area contributed by atoms with Gasteiger partial charge in [0.2, 0.25) is 0 Å². The van der Waals surface area contributed by atoms with E-state index in [4.69, 9.17) is 0 Å². The molecule has 2 N–H and O–H groups in total. The van der Waals surface area contributed by atoms with E-state index < -0.39 is 37.5 Å². The van der Waals surface area contributed by atoms with Gasteiger partial charge in [0, 0.05) is 0 Å². The monoisotopic (exact) mass is 442 g/mol. The molecule has 0 aliphatic rings. The second-order valence-corrected chi connectivity index (χ2v) is 7.40. The molecule has 0 bridgehead atoms. The Balaban J connectivity index is 3.04. The Morgan fingerprint density at radius 3 is 1.79 bits per heavy atom. The summed E-state index contributed by atoms with van der Waals surface area (Å²) in [6.45, 7) is 1.62. The van der Waals surface area contributed by atoms with E-state index in [9.17, 15) is 39.6 Å². The number of benzene rings is 1. The van der Waals surface area contributed by atoms with Crippen molar-refractivity contribution in [3.8, 4) is 0 Å². The lowest BCUT2D eigenvalue weighted by Crippen LogP contribution is -2.63. The topological polar surface area (TPSA) is 75.3 Å². The minimum absolute atomic E-state index is 0.465. The molecule has 1 aromatic carbocycles. The molecule has 0 spiro atoms. The molecule has 0 fully saturated rings. The summed E-state index contributed by atoms with van der Waals surface area (Å²) in [7, 11) is -4.56. The van der Waals surface area contributed by atoms with E-state index in [1.54, 1.807) is 6.92 Å². The van der Waals surface area contributed by atoms with Gasteiger partial charge in [-0.05, 0) is 19.1 Å². The zero-order valence-corrected chi connectivity index (χ0v) is 14.0. The SMILES string of the molecule is Cc1ccc(S(=O)(=O)NNC(=O)C(Br)(C(F)(F)F)C(F)(F)F)cc1. The van der Waals surface area contributed by atoms with Gasteiger partial charge in [0.15, 0.2) is 0 Å². The Morgan fingerprint density at radius 2 is 1.42 bits per heavy atom. The van der Waals surface area contributed by atoms with Crippen molar-refractivity contribution in [2.45, 2.75) is 28.5 Å². The lowest BCUT2D eigenvalue weighted by Gasteiger charge is -2.30. The maximum absolute atomic E-state index is 12.6. The zero-order valence-electron chi connectivity index (χ0n) is 11.6. The molecule has 1 aromatic rings. The summed E-state index contributed by atoms with van der Waals surface area (Å²) in [4.78, 5) is 12.1. The van der Waals surface area contributed by atoms with Crippen LogP contribution in [-0.4, -0.2) is 31.0 Å². The van der Waals surface area contributed by atoms with Crippen molar-refractivity contribution in [3.05, 3.63) is 29.8 Å². The summed E-state index contributed by atoms with van der Waals surface area (Å²) < 4.78 is 94.4. The lowest BCUT2D eigenvalue weighted by atomic mass is 10.1. The van der Waals surface area contributed by atoms with Crippen molar-refractivity contribution < 1.29 is 39.6 Å². The van der Waals surface area contributed by atoms with Gasteiger partial charge in [-0.15, -0.1) is 4.83 Å². The van der Waals surface area contributed by atoms with Crippen LogP contribution in [-0.2, 0) is 14.8 Å². The fourth-order valence-electron chi connectivity index (χ4n) is 1.39. The molecule has 1 rings (SSSR count). The van der Waals surface area contributed by atoms with E-state index in [1.165, 1.54) is 32.9 Å². The van der Waals surface area contributed by atoms with Crippen LogP contribution in [0.15, 0.2) is 29.2 Å². The number of aryl methyl sites for hydroxylation is 1. The van der Waals surface area contributed by atoms with E-state index in [-0.39, 0.29) is 0 Å². The molecule has 0 saturated heterocycles. The van der Waals surface area contributed by atoms with Gasteiger partial charge in [-0.1, -0.05) is 33.6 Å². The van der Waals surface area contributed by atoms with Crippen LogP contribution >= 0.6 is 15.9 Å². The van der Waals surface area contributed by atoms with Gasteiger partial charge in [0.25, 0.3) is 20.3 Å². The molecule has 0 unspecified atom stereocenters. The van der Waals surface area contributed by atoms with Crippen LogP contribution in [0, 0.1) is 6.92 Å². The normalized spacial score (nSPS) is 13.7. The molecule has 0 saturated carbocycles. The van der Waals surface area contributed by atoms with Gasteiger partial charge < -0.3 is 0 Å². The smallest absolute Gasteiger partial charge is 0.276 e. The number of sulfonamides is 1. The number of rotatable bonds is 4. The number of hydrazine groups is 1. The Hall–Kier alpha value is -1.34. The molecule has 5 nitrogen and oxygen atoms in total. The third-order valence-electron chi connectivity index (χ3n) is 2.72. The summed E-state index contributed by atoms with van der Waals surface area (Å²) in [6.07, 6.45) is -12.1. The van der Waals surface area contributed by atoms with E-state index in [1.807, 2.05) is 0 Å². The zero-order chi connectivity index (χ0) is 19.0. The quantitative estimate of drug-likeness (QED) is 0.427. The van der Waals surface area contributed by atoms with E-state index in [2.05, 4.69) is 0 Å². The minimum Gasteiger partial charge on any atom is -0.276 e. The second kappa shape index (κ2) is 6.52. The molecule has 13 heteroatoms. The number of alkyl halides is 7. The highest BCUT2D eigenvalue weighted by Gasteiger charge is 2.74. The Labute approximate surface area is 140 Å². The van der Waals surface area contributed by atoms with Gasteiger partial charge >= 0.3 is 12.4 Å². The summed E-state index contributed by atoms with van der Waals surface area (Å²) in [5.74, 6) is -2.68. The Morgan fingerprint density at radius 1 is 1.00 bits per heavy atom. The van der Waals surface area contributed by atoms with E-state index in [0.717, 1.165) is 17.6 Å². The van der Waals surface area contributed by atoms with Crippen LogP contribution in [0.2, 0.25) is 0 Å². The Bertz CT molecular complexity index is 701. The average Bonchev–Trinajstić information content (AvgIpc) is 2.42. The van der Waals surface area contributed by atoms with Crippen LogP contribution in [0.4, 0.5) is 26.3 Å². The Kier molecular flexibility index (Phi) is 5.62. The molecule has 0 aliphatic heterocycles. The highest BCUT2D eigenvalue weighted by molar-refractivity contribution is 9.10. The molecular formula is C11H9BrF6N2O3S. The van der Waals surface area contributed by atoms with Gasteiger partial charge in [-0.2, -0.15) is 26.3 Å². The van der Waals surface area contributed by atoms with Gasteiger partial charge in [0.1, 0.15) is 0 Å². The van der Waals surface area contributed by atoms with Crippen molar-refractivity contribution >= 4 is 31.9 Å².